The van der Waals surface area contributed by atoms with Crippen molar-refractivity contribution in [2.45, 2.75) is 19.3 Å². The number of hydrogen-bond donors (Lipinski definition) is 0. The molecule has 144 valence electrons. The highest BCUT2D eigenvalue weighted by Gasteiger charge is 2.29. The number of hydrogen-bond acceptors (Lipinski definition) is 6. The summed E-state index contributed by atoms with van der Waals surface area (Å²) < 4.78 is 0. The van der Waals surface area contributed by atoms with Crippen molar-refractivity contribution in [3.05, 3.63) is 67.8 Å². The maximum Gasteiger partial charge on any atom is 0.293 e. The predicted molar refractivity (Wildman–Crippen MR) is 103 cm³/mol. The molecule has 0 atom stereocenters. The van der Waals surface area contributed by atoms with Crippen LogP contribution in [0.25, 0.3) is 0 Å². The SMILES string of the molecule is O=C(c1ccc(N2CCCC2)c([N+](=O)[O-])c1)N1CCc2cc([N+](=O)[O-])ccc21. The fraction of sp³-hybridized carbons (Fsp3) is 0.316. The molecule has 0 N–H and O–H groups in total. The Balaban J connectivity index is 1.65. The van der Waals surface area contributed by atoms with Crippen molar-refractivity contribution < 1.29 is 14.6 Å². The zero-order valence-electron chi connectivity index (χ0n) is 15.0. The highest BCUT2D eigenvalue weighted by molar-refractivity contribution is 6.08. The van der Waals surface area contributed by atoms with E-state index in [-0.39, 0.29) is 22.8 Å². The Bertz CT molecular complexity index is 984. The van der Waals surface area contributed by atoms with Crippen molar-refractivity contribution in [1.29, 1.82) is 0 Å². The van der Waals surface area contributed by atoms with E-state index in [9.17, 15) is 25.0 Å². The van der Waals surface area contributed by atoms with E-state index in [0.29, 0.717) is 24.3 Å². The molecule has 0 spiro atoms. The van der Waals surface area contributed by atoms with Gasteiger partial charge in [0.15, 0.2) is 0 Å². The highest BCUT2D eigenvalue weighted by Crippen LogP contribution is 2.35. The monoisotopic (exact) mass is 382 g/mol. The van der Waals surface area contributed by atoms with Crippen molar-refractivity contribution in [3.8, 4) is 0 Å². The van der Waals surface area contributed by atoms with Gasteiger partial charge in [-0.25, -0.2) is 0 Å². The van der Waals surface area contributed by atoms with Crippen molar-refractivity contribution in [2.75, 3.05) is 29.4 Å². The van der Waals surface area contributed by atoms with Gasteiger partial charge in [0.25, 0.3) is 17.3 Å². The summed E-state index contributed by atoms with van der Waals surface area (Å²) in [5.74, 6) is -0.344. The molecule has 0 bridgehead atoms. The second-order valence-corrected chi connectivity index (χ2v) is 6.93. The van der Waals surface area contributed by atoms with Gasteiger partial charge in [-0.05, 0) is 43.0 Å². The molecule has 2 aromatic carbocycles. The molecule has 0 aromatic heterocycles. The van der Waals surface area contributed by atoms with Gasteiger partial charge in [-0.15, -0.1) is 0 Å². The Morgan fingerprint density at radius 2 is 1.61 bits per heavy atom. The Morgan fingerprint density at radius 1 is 0.893 bits per heavy atom. The summed E-state index contributed by atoms with van der Waals surface area (Å²) in [5, 5.41) is 22.5. The van der Waals surface area contributed by atoms with Crippen LogP contribution in [-0.4, -0.2) is 35.4 Å². The third kappa shape index (κ3) is 3.04. The Labute approximate surface area is 160 Å². The van der Waals surface area contributed by atoms with Crippen LogP contribution in [-0.2, 0) is 6.42 Å². The lowest BCUT2D eigenvalue weighted by molar-refractivity contribution is -0.384. The molecule has 2 aromatic rings. The van der Waals surface area contributed by atoms with Gasteiger partial charge < -0.3 is 9.80 Å². The topological polar surface area (TPSA) is 110 Å². The number of rotatable bonds is 4. The number of nitro benzene ring substituents is 2. The number of carbonyl (C=O) groups is 1. The maximum absolute atomic E-state index is 13.0. The molecule has 2 aliphatic heterocycles. The highest BCUT2D eigenvalue weighted by atomic mass is 16.6. The zero-order valence-corrected chi connectivity index (χ0v) is 15.0. The largest absolute Gasteiger partial charge is 0.366 e. The second-order valence-electron chi connectivity index (χ2n) is 6.93. The molecule has 28 heavy (non-hydrogen) atoms. The minimum atomic E-state index is -0.467. The molecule has 4 rings (SSSR count). The van der Waals surface area contributed by atoms with Crippen LogP contribution in [0.5, 0.6) is 0 Å². The number of fused-ring (bicyclic) bond motifs is 1. The minimum absolute atomic E-state index is 0.0151. The lowest BCUT2D eigenvalue weighted by atomic mass is 10.1. The fourth-order valence-electron chi connectivity index (χ4n) is 3.90. The van der Waals surface area contributed by atoms with Crippen molar-refractivity contribution in [2.24, 2.45) is 0 Å². The normalized spacial score (nSPS) is 15.6. The summed E-state index contributed by atoms with van der Waals surface area (Å²) in [7, 11) is 0. The standard InChI is InChI=1S/C19H18N4O5/c24-19(21-10-7-13-11-15(22(25)26)4-6-16(13)21)14-3-5-17(18(12-14)23(27)28)20-8-1-2-9-20/h3-6,11-12H,1-2,7-10H2. The summed E-state index contributed by atoms with van der Waals surface area (Å²) >= 11 is 0. The number of nitro groups is 2. The third-order valence-corrected chi connectivity index (χ3v) is 5.28. The van der Waals surface area contributed by atoms with Gasteiger partial charge in [0.2, 0.25) is 0 Å². The summed E-state index contributed by atoms with van der Waals surface area (Å²) in [5.41, 5.74) is 2.03. The van der Waals surface area contributed by atoms with E-state index in [1.807, 2.05) is 4.90 Å². The van der Waals surface area contributed by atoms with Crippen LogP contribution < -0.4 is 9.80 Å². The molecule has 2 aliphatic rings. The molecular weight excluding hydrogens is 364 g/mol. The first kappa shape index (κ1) is 17.9. The lowest BCUT2D eigenvalue weighted by Gasteiger charge is -2.20. The number of non-ortho nitro benzene ring substituents is 1. The number of anilines is 2. The van der Waals surface area contributed by atoms with Crippen molar-refractivity contribution in [1.82, 2.24) is 0 Å². The van der Waals surface area contributed by atoms with Crippen LogP contribution in [0.2, 0.25) is 0 Å². The van der Waals surface area contributed by atoms with Crippen LogP contribution in [0, 0.1) is 20.2 Å². The first-order valence-corrected chi connectivity index (χ1v) is 9.08. The third-order valence-electron chi connectivity index (χ3n) is 5.28. The van der Waals surface area contributed by atoms with Gasteiger partial charge >= 0.3 is 0 Å². The average Bonchev–Trinajstić information content (AvgIpc) is 3.36. The first-order chi connectivity index (χ1) is 13.5. The van der Waals surface area contributed by atoms with E-state index in [2.05, 4.69) is 0 Å². The molecular formula is C19H18N4O5. The van der Waals surface area contributed by atoms with Gasteiger partial charge in [-0.3, -0.25) is 25.0 Å². The van der Waals surface area contributed by atoms with Gasteiger partial charge in [0.1, 0.15) is 5.69 Å². The van der Waals surface area contributed by atoms with E-state index in [4.69, 9.17) is 0 Å². The van der Waals surface area contributed by atoms with E-state index in [1.165, 1.54) is 23.1 Å². The van der Waals surface area contributed by atoms with Gasteiger partial charge in [-0.2, -0.15) is 0 Å². The number of nitrogens with zero attached hydrogens (tertiary/aromatic N) is 4. The molecule has 1 amide bonds. The molecule has 1 fully saturated rings. The molecule has 0 aliphatic carbocycles. The van der Waals surface area contributed by atoms with Crippen LogP contribution >= 0.6 is 0 Å². The van der Waals surface area contributed by atoms with Crippen LogP contribution in [0.3, 0.4) is 0 Å². The molecule has 0 unspecified atom stereocenters. The van der Waals surface area contributed by atoms with Crippen molar-refractivity contribution in [3.63, 3.8) is 0 Å². The minimum Gasteiger partial charge on any atom is -0.366 e. The number of benzene rings is 2. The first-order valence-electron chi connectivity index (χ1n) is 9.08. The lowest BCUT2D eigenvalue weighted by Crippen LogP contribution is -2.29. The Hall–Kier alpha value is -3.49. The predicted octanol–water partition coefficient (Wildman–Crippen LogP) is 3.31. The van der Waals surface area contributed by atoms with Crippen molar-refractivity contribution >= 4 is 28.7 Å². The molecule has 9 nitrogen and oxygen atoms in total. The average molecular weight is 382 g/mol. The number of carbonyl (C=O) groups excluding carboxylic acids is 1. The van der Waals surface area contributed by atoms with Crippen LogP contribution in [0.4, 0.5) is 22.7 Å². The van der Waals surface area contributed by atoms with E-state index in [1.54, 1.807) is 18.2 Å². The fourth-order valence-corrected chi connectivity index (χ4v) is 3.90. The summed E-state index contributed by atoms with van der Waals surface area (Å²) in [6, 6.07) is 8.99. The molecule has 2 heterocycles. The van der Waals surface area contributed by atoms with E-state index < -0.39 is 9.85 Å². The van der Waals surface area contributed by atoms with Gasteiger partial charge in [-0.1, -0.05) is 0 Å². The van der Waals surface area contributed by atoms with E-state index in [0.717, 1.165) is 31.5 Å². The maximum atomic E-state index is 13.0. The quantitative estimate of drug-likeness (QED) is 0.593. The molecule has 0 radical (unpaired) electrons. The molecule has 9 heteroatoms. The smallest absolute Gasteiger partial charge is 0.293 e. The molecule has 0 saturated carbocycles. The zero-order chi connectivity index (χ0) is 19.8. The number of amides is 1. The van der Waals surface area contributed by atoms with Crippen LogP contribution in [0.15, 0.2) is 36.4 Å². The summed E-state index contributed by atoms with van der Waals surface area (Å²) in [6.45, 7) is 1.93. The van der Waals surface area contributed by atoms with Crippen LogP contribution in [0.1, 0.15) is 28.8 Å². The molecule has 1 saturated heterocycles. The Kier molecular flexibility index (Phi) is 4.42. The van der Waals surface area contributed by atoms with Gasteiger partial charge in [0.05, 0.1) is 9.85 Å². The van der Waals surface area contributed by atoms with E-state index >= 15 is 0 Å². The summed E-state index contributed by atoms with van der Waals surface area (Å²) in [6.07, 6.45) is 2.50. The Morgan fingerprint density at radius 3 is 2.29 bits per heavy atom. The van der Waals surface area contributed by atoms with Gasteiger partial charge in [0, 0.05) is 49.1 Å². The summed E-state index contributed by atoms with van der Waals surface area (Å²) in [4.78, 5) is 38.1. The second kappa shape index (κ2) is 6.91.